The van der Waals surface area contributed by atoms with Crippen LogP contribution in [-0.2, 0) is 4.43 Å². The third-order valence-electron chi connectivity index (χ3n) is 5.97. The Morgan fingerprint density at radius 1 is 0.828 bits per heavy atom. The zero-order valence-electron chi connectivity index (χ0n) is 21.1. The first-order chi connectivity index (χ1) is 13.5. The molecule has 0 saturated carbocycles. The molecule has 1 nitrogen and oxygen atoms in total. The van der Waals surface area contributed by atoms with Gasteiger partial charge in [0.1, 0.15) is 0 Å². The summed E-state index contributed by atoms with van der Waals surface area (Å²) < 4.78 is 6.93. The maximum absolute atomic E-state index is 6.93. The molecule has 0 aliphatic carbocycles. The number of allylic oxidation sites excluding steroid dienone is 5. The molecule has 0 spiro atoms. The summed E-state index contributed by atoms with van der Waals surface area (Å²) in [6, 6.07) is 0. The smallest absolute Gasteiger partial charge is 0.201 e. The highest BCUT2D eigenvalue weighted by Gasteiger charge is 2.46. The zero-order chi connectivity index (χ0) is 22.6. The van der Waals surface area contributed by atoms with E-state index < -0.39 is 8.32 Å². The molecule has 0 amide bonds. The van der Waals surface area contributed by atoms with E-state index in [0.29, 0.717) is 23.0 Å². The molecule has 166 valence electrons. The van der Waals surface area contributed by atoms with Crippen molar-refractivity contribution in [3.8, 4) is 12.3 Å². The normalized spacial score (nSPS) is 14.5. The quantitative estimate of drug-likeness (QED) is 0.165. The van der Waals surface area contributed by atoms with Crippen molar-refractivity contribution in [3.05, 3.63) is 34.9 Å². The van der Waals surface area contributed by atoms with Gasteiger partial charge in [-0.1, -0.05) is 76.5 Å². The third-order valence-corrected chi connectivity index (χ3v) is 12.1. The first-order valence-electron chi connectivity index (χ1n) is 11.5. The van der Waals surface area contributed by atoms with E-state index in [1.165, 1.54) is 16.7 Å². The first-order valence-corrected chi connectivity index (χ1v) is 13.7. The lowest BCUT2D eigenvalue weighted by Crippen LogP contribution is -2.50. The van der Waals surface area contributed by atoms with E-state index in [-0.39, 0.29) is 6.10 Å². The van der Waals surface area contributed by atoms with Gasteiger partial charge in [-0.25, -0.2) is 0 Å². The Kier molecular flexibility index (Phi) is 13.5. The molecule has 0 N–H and O–H groups in total. The third kappa shape index (κ3) is 10.0. The summed E-state index contributed by atoms with van der Waals surface area (Å²) >= 11 is 0. The Morgan fingerprint density at radius 3 is 1.76 bits per heavy atom. The van der Waals surface area contributed by atoms with E-state index in [1.807, 2.05) is 0 Å². The summed E-state index contributed by atoms with van der Waals surface area (Å²) in [6.07, 6.45) is 17.9. The van der Waals surface area contributed by atoms with Crippen molar-refractivity contribution in [1.29, 1.82) is 0 Å². The first kappa shape index (κ1) is 28.0. The average Bonchev–Trinajstić information content (AvgIpc) is 2.58. The van der Waals surface area contributed by atoms with Gasteiger partial charge < -0.3 is 4.43 Å². The predicted octanol–water partition coefficient (Wildman–Crippen LogP) is 8.99. The minimum Gasteiger partial charge on any atom is -0.409 e. The molecule has 0 bridgehead atoms. The zero-order valence-corrected chi connectivity index (χ0v) is 22.1. The van der Waals surface area contributed by atoms with Gasteiger partial charge in [0.25, 0.3) is 0 Å². The average molecular weight is 417 g/mol. The Hall–Kier alpha value is -1.04. The van der Waals surface area contributed by atoms with Crippen LogP contribution in [0, 0.1) is 12.3 Å². The molecule has 2 heteroatoms. The number of terminal acetylenes is 1. The fraction of sp³-hybridized carbons (Fsp3) is 0.704. The van der Waals surface area contributed by atoms with Gasteiger partial charge in [-0.05, 0) is 70.0 Å². The minimum absolute atomic E-state index is 0.0432. The molecule has 0 aromatic heterocycles. The summed E-state index contributed by atoms with van der Waals surface area (Å²) in [5.41, 5.74) is 5.99. The van der Waals surface area contributed by atoms with Crippen molar-refractivity contribution in [2.75, 3.05) is 0 Å². The Bertz CT molecular complexity index is 573. The van der Waals surface area contributed by atoms with Crippen molar-refractivity contribution in [2.24, 2.45) is 0 Å². The van der Waals surface area contributed by atoms with Gasteiger partial charge in [-0.3, -0.25) is 0 Å². The molecule has 0 rings (SSSR count). The van der Waals surface area contributed by atoms with Crippen LogP contribution in [0.3, 0.4) is 0 Å². The van der Waals surface area contributed by atoms with Crippen molar-refractivity contribution < 1.29 is 4.43 Å². The molecular formula is C27H48OSi. The van der Waals surface area contributed by atoms with Gasteiger partial charge >= 0.3 is 0 Å². The summed E-state index contributed by atoms with van der Waals surface area (Å²) in [6.45, 7) is 22.8. The van der Waals surface area contributed by atoms with Gasteiger partial charge in [0.05, 0.1) is 6.10 Å². The Morgan fingerprint density at radius 2 is 1.31 bits per heavy atom. The van der Waals surface area contributed by atoms with Crippen LogP contribution < -0.4 is 0 Å². The highest BCUT2D eigenvalue weighted by atomic mass is 28.4. The van der Waals surface area contributed by atoms with Crippen LogP contribution >= 0.6 is 0 Å². The molecule has 0 aliphatic heterocycles. The highest BCUT2D eigenvalue weighted by molar-refractivity contribution is 6.77. The Balaban J connectivity index is 5.14. The summed E-state index contributed by atoms with van der Waals surface area (Å²) in [4.78, 5) is 0. The predicted molar refractivity (Wildman–Crippen MR) is 135 cm³/mol. The highest BCUT2D eigenvalue weighted by Crippen LogP contribution is 2.43. The van der Waals surface area contributed by atoms with Crippen LogP contribution in [0.2, 0.25) is 16.6 Å². The van der Waals surface area contributed by atoms with Gasteiger partial charge in [-0.15, -0.1) is 12.3 Å². The molecule has 0 heterocycles. The van der Waals surface area contributed by atoms with Crippen LogP contribution in [0.4, 0.5) is 0 Å². The van der Waals surface area contributed by atoms with Gasteiger partial charge in [0.15, 0.2) is 0 Å². The lowest BCUT2D eigenvalue weighted by Gasteiger charge is -2.44. The molecule has 1 unspecified atom stereocenters. The van der Waals surface area contributed by atoms with Crippen LogP contribution in [0.25, 0.3) is 0 Å². The summed E-state index contributed by atoms with van der Waals surface area (Å²) in [5, 5.41) is 0. The molecule has 0 aromatic rings. The second-order valence-electron chi connectivity index (χ2n) is 9.80. The molecule has 0 saturated heterocycles. The number of rotatable bonds is 13. The second-order valence-corrected chi connectivity index (χ2v) is 15.2. The second kappa shape index (κ2) is 14.0. The van der Waals surface area contributed by atoms with Gasteiger partial charge in [-0.2, -0.15) is 0 Å². The lowest BCUT2D eigenvalue weighted by molar-refractivity contribution is 0.220. The van der Waals surface area contributed by atoms with E-state index in [9.17, 15) is 0 Å². The van der Waals surface area contributed by atoms with Crippen LogP contribution in [0.1, 0.15) is 101 Å². The molecular weight excluding hydrogens is 368 g/mol. The van der Waals surface area contributed by atoms with E-state index in [4.69, 9.17) is 10.8 Å². The van der Waals surface area contributed by atoms with E-state index in [2.05, 4.69) is 93.4 Å². The number of hydrogen-bond acceptors (Lipinski definition) is 1. The van der Waals surface area contributed by atoms with E-state index in [0.717, 1.165) is 25.7 Å². The summed E-state index contributed by atoms with van der Waals surface area (Å²) in [5.74, 6) is 2.85. The molecule has 0 fully saturated rings. The fourth-order valence-electron chi connectivity index (χ4n) is 4.56. The molecule has 0 aliphatic rings. The lowest BCUT2D eigenvalue weighted by atomic mass is 10.1. The Labute approximate surface area is 184 Å². The van der Waals surface area contributed by atoms with E-state index >= 15 is 0 Å². The van der Waals surface area contributed by atoms with Crippen molar-refractivity contribution >= 4 is 8.32 Å². The minimum atomic E-state index is -1.93. The fourth-order valence-corrected chi connectivity index (χ4v) is 10.1. The van der Waals surface area contributed by atoms with Crippen molar-refractivity contribution in [2.45, 2.75) is 124 Å². The van der Waals surface area contributed by atoms with Gasteiger partial charge in [0, 0.05) is 6.42 Å². The largest absolute Gasteiger partial charge is 0.409 e. The SMILES string of the molecule is C#CCC(/C=C(\C)CC/C=C(\C)CCC=C(C)C)O[Si](C(C)C)(C(C)C)C(C)C. The van der Waals surface area contributed by atoms with Crippen LogP contribution in [0.15, 0.2) is 34.9 Å². The van der Waals surface area contributed by atoms with Crippen molar-refractivity contribution in [3.63, 3.8) is 0 Å². The van der Waals surface area contributed by atoms with E-state index in [1.54, 1.807) is 0 Å². The molecule has 0 aromatic carbocycles. The standard InChI is InChI=1S/C27H48OSi/c1-12-15-27(28-29(22(4)5,23(6)7)24(8)9)20-26(11)19-14-18-25(10)17-13-16-21(2)3/h1,16,18,20,22-24,27H,13-15,17,19H2,2-11H3/b25-18+,26-20+. The number of hydrogen-bond donors (Lipinski definition) is 0. The van der Waals surface area contributed by atoms with Crippen LogP contribution in [-0.4, -0.2) is 14.4 Å². The monoisotopic (exact) mass is 416 g/mol. The molecule has 1 atom stereocenters. The van der Waals surface area contributed by atoms with Crippen LogP contribution in [0.5, 0.6) is 0 Å². The van der Waals surface area contributed by atoms with Crippen molar-refractivity contribution in [1.82, 2.24) is 0 Å². The molecule has 29 heavy (non-hydrogen) atoms. The maximum atomic E-state index is 6.93. The topological polar surface area (TPSA) is 9.23 Å². The molecule has 0 radical (unpaired) electrons. The summed E-state index contributed by atoms with van der Waals surface area (Å²) in [7, 11) is -1.93. The maximum Gasteiger partial charge on any atom is 0.201 e. The van der Waals surface area contributed by atoms with Gasteiger partial charge in [0.2, 0.25) is 8.32 Å².